The lowest BCUT2D eigenvalue weighted by molar-refractivity contribution is -0.274. The molecule has 1 fully saturated rings. The highest BCUT2D eigenvalue weighted by Crippen LogP contribution is 2.35. The van der Waals surface area contributed by atoms with Crippen molar-refractivity contribution in [3.63, 3.8) is 0 Å². The molecule has 1 saturated carbocycles. The molecule has 1 unspecified atom stereocenters. The number of carbonyl (C=O) groups is 1. The van der Waals surface area contributed by atoms with Gasteiger partial charge in [-0.3, -0.25) is 4.79 Å². The Morgan fingerprint density at radius 1 is 1.48 bits per heavy atom. The molecular weight excluding hydrogens is 353 g/mol. The topological polar surface area (TPSA) is 64.4 Å². The first-order chi connectivity index (χ1) is 9.74. The summed E-state index contributed by atoms with van der Waals surface area (Å²) in [5.41, 5.74) is 5.78. The average Bonchev–Trinajstić information content (AvgIpc) is 3.14. The molecule has 1 aromatic rings. The average molecular weight is 367 g/mol. The minimum Gasteiger partial charge on any atom is -0.404 e. The second-order valence-corrected chi connectivity index (χ2v) is 5.86. The SMILES string of the molecule is NC(CC(=O)Nc1ccc(Br)cc1OC(F)(F)F)C1CC1. The summed E-state index contributed by atoms with van der Waals surface area (Å²) in [6.45, 7) is 0. The van der Waals surface area contributed by atoms with Crippen molar-refractivity contribution < 1.29 is 22.7 Å². The zero-order valence-electron chi connectivity index (χ0n) is 10.9. The maximum absolute atomic E-state index is 12.3. The Balaban J connectivity index is 2.05. The monoisotopic (exact) mass is 366 g/mol. The van der Waals surface area contributed by atoms with Crippen LogP contribution in [-0.2, 0) is 4.79 Å². The van der Waals surface area contributed by atoms with E-state index in [-0.39, 0.29) is 18.2 Å². The molecular formula is C13H14BrF3N2O2. The van der Waals surface area contributed by atoms with Crippen LogP contribution in [-0.4, -0.2) is 18.3 Å². The van der Waals surface area contributed by atoms with E-state index in [2.05, 4.69) is 26.0 Å². The van der Waals surface area contributed by atoms with Crippen molar-refractivity contribution in [2.75, 3.05) is 5.32 Å². The van der Waals surface area contributed by atoms with Gasteiger partial charge in [0.05, 0.1) is 5.69 Å². The minimum absolute atomic E-state index is 0.0384. The highest BCUT2D eigenvalue weighted by atomic mass is 79.9. The number of benzene rings is 1. The molecule has 0 heterocycles. The first-order valence-corrected chi connectivity index (χ1v) is 7.14. The van der Waals surface area contributed by atoms with E-state index >= 15 is 0 Å². The quantitative estimate of drug-likeness (QED) is 0.839. The van der Waals surface area contributed by atoms with Crippen LogP contribution in [0.1, 0.15) is 19.3 Å². The van der Waals surface area contributed by atoms with Crippen LogP contribution < -0.4 is 15.8 Å². The number of ether oxygens (including phenoxy) is 1. The number of hydrogen-bond donors (Lipinski definition) is 2. The van der Waals surface area contributed by atoms with E-state index in [0.717, 1.165) is 18.9 Å². The predicted octanol–water partition coefficient (Wildman–Crippen LogP) is 3.41. The van der Waals surface area contributed by atoms with Crippen LogP contribution >= 0.6 is 15.9 Å². The van der Waals surface area contributed by atoms with Crippen molar-refractivity contribution in [2.24, 2.45) is 11.7 Å². The molecule has 21 heavy (non-hydrogen) atoms. The smallest absolute Gasteiger partial charge is 0.404 e. The minimum atomic E-state index is -4.83. The molecule has 0 radical (unpaired) electrons. The number of anilines is 1. The van der Waals surface area contributed by atoms with Gasteiger partial charge in [0.2, 0.25) is 5.91 Å². The standard InChI is InChI=1S/C13H14BrF3N2O2/c14-8-3-4-10(11(5-8)21-13(15,16)17)19-12(20)6-9(18)7-1-2-7/h3-5,7,9H,1-2,6,18H2,(H,19,20). The van der Waals surface area contributed by atoms with Crippen molar-refractivity contribution in [1.29, 1.82) is 0 Å². The Kier molecular flexibility index (Phi) is 4.77. The summed E-state index contributed by atoms with van der Waals surface area (Å²) >= 11 is 3.06. The van der Waals surface area contributed by atoms with E-state index in [1.165, 1.54) is 12.1 Å². The van der Waals surface area contributed by atoms with Crippen LogP contribution in [0.4, 0.5) is 18.9 Å². The summed E-state index contributed by atoms with van der Waals surface area (Å²) in [4.78, 5) is 11.8. The predicted molar refractivity (Wildman–Crippen MR) is 74.8 cm³/mol. The number of carbonyl (C=O) groups excluding carboxylic acids is 1. The van der Waals surface area contributed by atoms with Gasteiger partial charge in [0.25, 0.3) is 0 Å². The molecule has 1 amide bonds. The maximum atomic E-state index is 12.3. The van der Waals surface area contributed by atoms with E-state index in [1.807, 2.05) is 0 Å². The van der Waals surface area contributed by atoms with E-state index in [9.17, 15) is 18.0 Å². The number of alkyl halides is 3. The second-order valence-electron chi connectivity index (χ2n) is 4.94. The van der Waals surface area contributed by atoms with Crippen molar-refractivity contribution in [3.8, 4) is 5.75 Å². The third-order valence-electron chi connectivity index (χ3n) is 3.09. The van der Waals surface area contributed by atoms with Gasteiger partial charge >= 0.3 is 6.36 Å². The number of nitrogens with two attached hydrogens (primary N) is 1. The second kappa shape index (κ2) is 6.23. The molecule has 3 N–H and O–H groups in total. The zero-order valence-corrected chi connectivity index (χ0v) is 12.5. The molecule has 0 aromatic heterocycles. The molecule has 0 spiro atoms. The van der Waals surface area contributed by atoms with Gasteiger partial charge in [0.15, 0.2) is 5.75 Å². The van der Waals surface area contributed by atoms with Crippen LogP contribution in [0.15, 0.2) is 22.7 Å². The van der Waals surface area contributed by atoms with Gasteiger partial charge in [-0.1, -0.05) is 15.9 Å². The molecule has 4 nitrogen and oxygen atoms in total. The fourth-order valence-corrected chi connectivity index (χ4v) is 2.25. The van der Waals surface area contributed by atoms with Crippen LogP contribution in [0.25, 0.3) is 0 Å². The third-order valence-corrected chi connectivity index (χ3v) is 3.59. The number of amides is 1. The molecule has 1 aliphatic rings. The fraction of sp³-hybridized carbons (Fsp3) is 0.462. The summed E-state index contributed by atoms with van der Waals surface area (Å²) in [5.74, 6) is -0.555. The summed E-state index contributed by atoms with van der Waals surface area (Å²) < 4.78 is 41.3. The van der Waals surface area contributed by atoms with E-state index in [4.69, 9.17) is 5.73 Å². The lowest BCUT2D eigenvalue weighted by Gasteiger charge is -2.15. The lowest BCUT2D eigenvalue weighted by atomic mass is 10.1. The normalized spacial score (nSPS) is 16.4. The van der Waals surface area contributed by atoms with Gasteiger partial charge in [-0.05, 0) is 37.0 Å². The third kappa shape index (κ3) is 5.20. The van der Waals surface area contributed by atoms with Gasteiger partial charge in [-0.15, -0.1) is 13.2 Å². The number of nitrogens with one attached hydrogen (secondary N) is 1. The Bertz CT molecular complexity index is 533. The first-order valence-electron chi connectivity index (χ1n) is 6.35. The molecule has 1 atom stereocenters. The lowest BCUT2D eigenvalue weighted by Crippen LogP contribution is -2.29. The van der Waals surface area contributed by atoms with Gasteiger partial charge in [0, 0.05) is 16.9 Å². The van der Waals surface area contributed by atoms with Crippen molar-refractivity contribution in [1.82, 2.24) is 0 Å². The number of rotatable bonds is 5. The fourth-order valence-electron chi connectivity index (χ4n) is 1.91. The van der Waals surface area contributed by atoms with Gasteiger partial charge in [-0.25, -0.2) is 0 Å². The molecule has 2 rings (SSSR count). The molecule has 116 valence electrons. The molecule has 1 aromatic carbocycles. The highest BCUT2D eigenvalue weighted by molar-refractivity contribution is 9.10. The Morgan fingerprint density at radius 3 is 2.71 bits per heavy atom. The van der Waals surface area contributed by atoms with E-state index in [0.29, 0.717) is 10.4 Å². The number of hydrogen-bond acceptors (Lipinski definition) is 3. The van der Waals surface area contributed by atoms with Gasteiger partial charge < -0.3 is 15.8 Å². The molecule has 1 aliphatic carbocycles. The van der Waals surface area contributed by atoms with Crippen molar-refractivity contribution in [2.45, 2.75) is 31.7 Å². The highest BCUT2D eigenvalue weighted by Gasteiger charge is 2.33. The Labute approximate surface area is 128 Å². The van der Waals surface area contributed by atoms with E-state index < -0.39 is 18.0 Å². The van der Waals surface area contributed by atoms with Gasteiger partial charge in [0.1, 0.15) is 0 Å². The molecule has 0 saturated heterocycles. The first kappa shape index (κ1) is 16.1. The largest absolute Gasteiger partial charge is 0.573 e. The maximum Gasteiger partial charge on any atom is 0.573 e. The Morgan fingerprint density at radius 2 is 2.14 bits per heavy atom. The molecule has 0 bridgehead atoms. The molecule has 8 heteroatoms. The van der Waals surface area contributed by atoms with Crippen LogP contribution in [0.3, 0.4) is 0 Å². The van der Waals surface area contributed by atoms with Crippen LogP contribution in [0.5, 0.6) is 5.75 Å². The number of halogens is 4. The van der Waals surface area contributed by atoms with Crippen LogP contribution in [0, 0.1) is 5.92 Å². The van der Waals surface area contributed by atoms with Crippen LogP contribution in [0.2, 0.25) is 0 Å². The summed E-state index contributed by atoms with van der Waals surface area (Å²) in [7, 11) is 0. The summed E-state index contributed by atoms with van der Waals surface area (Å²) in [6, 6.07) is 3.74. The summed E-state index contributed by atoms with van der Waals surface area (Å²) in [6.07, 6.45) is -2.76. The van der Waals surface area contributed by atoms with Crippen molar-refractivity contribution >= 4 is 27.5 Å². The van der Waals surface area contributed by atoms with Crippen molar-refractivity contribution in [3.05, 3.63) is 22.7 Å². The summed E-state index contributed by atoms with van der Waals surface area (Å²) in [5, 5.41) is 2.41. The van der Waals surface area contributed by atoms with Gasteiger partial charge in [-0.2, -0.15) is 0 Å². The molecule has 0 aliphatic heterocycles. The zero-order chi connectivity index (χ0) is 15.6. The van der Waals surface area contributed by atoms with E-state index in [1.54, 1.807) is 0 Å². The Hall–Kier alpha value is -1.28.